The second-order valence-corrected chi connectivity index (χ2v) is 17.2. The molecule has 0 spiro atoms. The van der Waals surface area contributed by atoms with Gasteiger partial charge in [0.1, 0.15) is 0 Å². The Bertz CT molecular complexity index is 1890. The molecule has 0 saturated carbocycles. The Morgan fingerprint density at radius 1 is 0.886 bits per heavy atom. The van der Waals surface area contributed by atoms with Crippen LogP contribution >= 0.6 is 28.0 Å². The van der Waals surface area contributed by atoms with Gasteiger partial charge in [-0.15, -0.1) is 0 Å². The molecule has 35 heavy (non-hydrogen) atoms. The van der Waals surface area contributed by atoms with Crippen molar-refractivity contribution in [3.8, 4) is 17.2 Å². The number of halogens is 2. The van der Waals surface area contributed by atoms with Crippen molar-refractivity contribution in [2.75, 3.05) is 0 Å². The third kappa shape index (κ3) is 1.71. The summed E-state index contributed by atoms with van der Waals surface area (Å²) in [6, 6.07) is 28.3. The van der Waals surface area contributed by atoms with Gasteiger partial charge in [-0.1, -0.05) is 0 Å². The predicted molar refractivity (Wildman–Crippen MR) is 159 cm³/mol. The zero-order valence-corrected chi connectivity index (χ0v) is 21.5. The number of nitrogens with zero attached hydrogens (tertiary/aromatic N) is 2. The SMILES string of the molecule is FI=NP12(c3ccc4c5c3c3ccccc3n5-c3cccc5c3B4c3ccccc3O5)B3[B-]B1B32. The first kappa shape index (κ1) is 18.9. The fourth-order valence-corrected chi connectivity index (χ4v) is 19.8. The predicted octanol–water partition coefficient (Wildman–Crippen LogP) is 3.72. The molecule has 0 N–H and O–H groups in total. The van der Waals surface area contributed by atoms with Gasteiger partial charge >= 0.3 is 215 Å². The molecule has 4 aromatic carbocycles. The summed E-state index contributed by atoms with van der Waals surface area (Å²) in [5.74, 6) is 1.87. The van der Waals surface area contributed by atoms with Gasteiger partial charge in [0.05, 0.1) is 0 Å². The van der Waals surface area contributed by atoms with Gasteiger partial charge in [-0.3, -0.25) is 0 Å². The molecule has 0 atom stereocenters. The van der Waals surface area contributed by atoms with Gasteiger partial charge in [-0.05, 0) is 0 Å². The fraction of sp³-hybridized carbons (Fsp3) is 0. The van der Waals surface area contributed by atoms with Crippen LogP contribution in [0.5, 0.6) is 11.5 Å². The van der Waals surface area contributed by atoms with E-state index in [-0.39, 0.29) is 6.71 Å². The van der Waals surface area contributed by atoms with Gasteiger partial charge < -0.3 is 0 Å². The molecule has 0 amide bonds. The molecular weight excluding hydrogens is 563 g/mol. The summed E-state index contributed by atoms with van der Waals surface area (Å²) in [6.45, 7) is 0.120. The summed E-state index contributed by atoms with van der Waals surface area (Å²) < 4.78 is 27.9. The molecule has 5 aromatic rings. The van der Waals surface area contributed by atoms with Crippen LogP contribution in [0.15, 0.2) is 81.8 Å². The van der Waals surface area contributed by atoms with E-state index in [9.17, 15) is 2.86 Å². The number of para-hydroxylation sites is 2. The van der Waals surface area contributed by atoms with E-state index in [1.165, 1.54) is 49.2 Å². The maximum absolute atomic E-state index is 14.0. The summed E-state index contributed by atoms with van der Waals surface area (Å²) in [5, 5.41) is 4.00. The number of hydrogen-bond donors (Lipinski definition) is 0. The fourth-order valence-electron chi connectivity index (χ4n) is 8.12. The Morgan fingerprint density at radius 3 is 2.51 bits per heavy atom. The number of hydrogen-bond acceptors (Lipinski definition) is 2. The molecule has 6 aliphatic rings. The van der Waals surface area contributed by atoms with Crippen molar-refractivity contribution < 1.29 is 7.60 Å². The minimum atomic E-state index is -2.43. The molecule has 2 bridgehead atoms. The van der Waals surface area contributed by atoms with Crippen molar-refractivity contribution >= 4 is 104 Å². The molecule has 11 heteroatoms. The number of aromatic nitrogens is 1. The molecule has 160 valence electrons. The molecule has 0 unspecified atom stereocenters. The summed E-state index contributed by atoms with van der Waals surface area (Å²) in [4.78, 5) is 0. The number of benzene rings is 4. The van der Waals surface area contributed by atoms with E-state index < -0.39 is 28.0 Å². The van der Waals surface area contributed by atoms with Gasteiger partial charge in [0.15, 0.2) is 0 Å². The minimum absolute atomic E-state index is 0.120. The van der Waals surface area contributed by atoms with Crippen LogP contribution in [0.3, 0.4) is 0 Å². The van der Waals surface area contributed by atoms with Gasteiger partial charge in [-0.25, -0.2) is 0 Å². The standard InChI is InChI=1S/C24H13B5FIN2OP/c30-31-32-35(27-25-28(35)29(27)35)21-13-12-16-24-22(21)14-6-1-3-8-17(14)33(24)18-9-5-11-20-23(18)26(16)15-7-2-4-10-19(15)34-20/h1-13H/q-1. The summed E-state index contributed by atoms with van der Waals surface area (Å²) in [7, 11) is 2.45. The maximum atomic E-state index is 14.0. The van der Waals surface area contributed by atoms with Gasteiger partial charge in [0.2, 0.25) is 0 Å². The molecule has 3 nitrogen and oxygen atoms in total. The second kappa shape index (κ2) is 5.65. The topological polar surface area (TPSA) is 26.5 Å². The quantitative estimate of drug-likeness (QED) is 0.175. The van der Waals surface area contributed by atoms with Crippen LogP contribution < -0.4 is 26.4 Å². The van der Waals surface area contributed by atoms with Crippen molar-refractivity contribution in [1.29, 1.82) is 0 Å². The molecule has 7 heterocycles. The average Bonchev–Trinajstić information content (AvgIpc) is 3.46. The molecular formula is C24H13B5FIN2OP-. The second-order valence-electron chi connectivity index (χ2n) is 10.6. The molecule has 2 radical (unpaired) electrons. The zero-order chi connectivity index (χ0) is 22.7. The normalized spacial score (nSPS) is 21.3. The molecule has 1 aromatic heterocycles. The first-order valence-corrected chi connectivity index (χ1v) is 16.3. The first-order valence-electron chi connectivity index (χ1n) is 12.1. The van der Waals surface area contributed by atoms with Crippen LogP contribution in [0, 0.1) is 0 Å². The molecule has 0 aliphatic carbocycles. The average molecular weight is 576 g/mol. The molecule has 6 aliphatic heterocycles. The van der Waals surface area contributed by atoms with Crippen LogP contribution in [-0.2, 0) is 0 Å². The van der Waals surface area contributed by atoms with Crippen molar-refractivity contribution in [1.82, 2.24) is 4.57 Å². The first-order chi connectivity index (χ1) is 17.3. The molecule has 4 saturated heterocycles. The number of fused-ring (bicyclic) bond motifs is 7. The summed E-state index contributed by atoms with van der Waals surface area (Å²) >= 11 is -1.59. The van der Waals surface area contributed by atoms with E-state index in [0.29, 0.717) is 18.6 Å². The monoisotopic (exact) mass is 577 g/mol. The van der Waals surface area contributed by atoms with E-state index >= 15 is 0 Å². The van der Waals surface area contributed by atoms with Crippen LogP contribution in [0.4, 0.5) is 2.86 Å². The van der Waals surface area contributed by atoms with E-state index in [1.54, 1.807) is 0 Å². The zero-order valence-electron chi connectivity index (χ0n) is 18.4. The summed E-state index contributed by atoms with van der Waals surface area (Å²) in [5.41, 5.74) is 7.48. The van der Waals surface area contributed by atoms with Crippen molar-refractivity contribution in [3.05, 3.63) is 78.9 Å². The number of rotatable bonds is 2. The van der Waals surface area contributed by atoms with E-state index in [2.05, 4.69) is 84.4 Å². The van der Waals surface area contributed by atoms with E-state index in [4.69, 9.17) is 7.65 Å². The van der Waals surface area contributed by atoms with E-state index in [1.807, 2.05) is 6.07 Å². The Labute approximate surface area is 214 Å². The Morgan fingerprint density at radius 2 is 1.69 bits per heavy atom. The van der Waals surface area contributed by atoms with E-state index in [0.717, 1.165) is 11.5 Å². The Hall–Kier alpha value is -2.31. The van der Waals surface area contributed by atoms with Gasteiger partial charge in [-0.2, -0.15) is 0 Å². The Balaban J connectivity index is 1.42. The third-order valence-electron chi connectivity index (χ3n) is 9.68. The molecule has 4 fully saturated rings. The molecule has 11 rings (SSSR count). The van der Waals surface area contributed by atoms with Crippen molar-refractivity contribution in [2.24, 2.45) is 2.92 Å². The van der Waals surface area contributed by atoms with Crippen molar-refractivity contribution in [2.45, 2.75) is 0 Å². The van der Waals surface area contributed by atoms with Crippen molar-refractivity contribution in [3.63, 3.8) is 0 Å². The third-order valence-corrected chi connectivity index (χ3v) is 19.6. The van der Waals surface area contributed by atoms with Crippen LogP contribution in [0.2, 0.25) is 0 Å². The Kier molecular flexibility index (Phi) is 3.05. The van der Waals surface area contributed by atoms with Gasteiger partial charge in [0, 0.05) is 0 Å². The van der Waals surface area contributed by atoms with Crippen LogP contribution in [0.25, 0.3) is 27.5 Å². The van der Waals surface area contributed by atoms with Crippen LogP contribution in [0.1, 0.15) is 0 Å². The van der Waals surface area contributed by atoms with Gasteiger partial charge in [0.25, 0.3) is 0 Å². The summed E-state index contributed by atoms with van der Waals surface area (Å²) in [6.07, 6.45) is -0.665. The van der Waals surface area contributed by atoms with Crippen LogP contribution in [-0.4, -0.2) is 37.0 Å². The number of ether oxygens (including phenoxy) is 1.